The maximum Gasteiger partial charge on any atom is 0.323 e. The Morgan fingerprint density at radius 3 is 2.50 bits per heavy atom. The first-order valence-electron chi connectivity index (χ1n) is 6.71. The maximum absolute atomic E-state index is 11.5. The lowest BCUT2D eigenvalue weighted by Crippen LogP contribution is -2.23. The van der Waals surface area contributed by atoms with Gasteiger partial charge in [0.05, 0.1) is 4.92 Å². The van der Waals surface area contributed by atoms with Crippen molar-refractivity contribution in [3.63, 3.8) is 0 Å². The molecule has 0 bridgehead atoms. The average Bonchev–Trinajstić information content (AvgIpc) is 2.54. The summed E-state index contributed by atoms with van der Waals surface area (Å²) in [6.45, 7) is 0. The van der Waals surface area contributed by atoms with Gasteiger partial charge in [-0.1, -0.05) is 36.4 Å². The summed E-state index contributed by atoms with van der Waals surface area (Å²) in [6.07, 6.45) is 1.86. The lowest BCUT2D eigenvalue weighted by Gasteiger charge is -2.24. The summed E-state index contributed by atoms with van der Waals surface area (Å²) in [6, 6.07) is 16.7. The molecule has 1 atom stereocenters. The molecule has 5 nitrogen and oxygen atoms in total. The molecule has 0 aliphatic carbocycles. The minimum Gasteiger partial charge on any atom is -0.435 e. The third-order valence-corrected chi connectivity index (χ3v) is 4.31. The van der Waals surface area contributed by atoms with Gasteiger partial charge < -0.3 is 10.1 Å². The predicted molar refractivity (Wildman–Crippen MR) is 87.4 cm³/mol. The van der Waals surface area contributed by atoms with E-state index in [9.17, 15) is 10.1 Å². The molecule has 0 amide bonds. The Morgan fingerprint density at radius 1 is 1.14 bits per heavy atom. The van der Waals surface area contributed by atoms with Crippen molar-refractivity contribution in [1.82, 2.24) is 0 Å². The van der Waals surface area contributed by atoms with Crippen molar-refractivity contribution in [1.29, 1.82) is 0 Å². The second kappa shape index (κ2) is 6.11. The second-order valence-electron chi connectivity index (χ2n) is 4.72. The number of hydrogen-bond acceptors (Lipinski definition) is 5. The highest BCUT2D eigenvalue weighted by Crippen LogP contribution is 2.44. The fourth-order valence-corrected chi connectivity index (χ4v) is 3.24. The molecule has 0 saturated carbocycles. The van der Waals surface area contributed by atoms with Crippen LogP contribution < -0.4 is 10.1 Å². The van der Waals surface area contributed by atoms with Crippen molar-refractivity contribution in [3.05, 3.63) is 81.9 Å². The highest BCUT2D eigenvalue weighted by molar-refractivity contribution is 7.99. The minimum absolute atomic E-state index is 0.0371. The topological polar surface area (TPSA) is 64.4 Å². The van der Waals surface area contributed by atoms with E-state index in [4.69, 9.17) is 4.74 Å². The molecule has 1 N–H and O–H groups in total. The first kappa shape index (κ1) is 14.5. The van der Waals surface area contributed by atoms with Gasteiger partial charge in [-0.25, -0.2) is 0 Å². The molecule has 0 radical (unpaired) electrons. The van der Waals surface area contributed by atoms with Crippen LogP contribution in [0.3, 0.4) is 0 Å². The Labute approximate surface area is 132 Å². The van der Waals surface area contributed by atoms with Gasteiger partial charge in [0.2, 0.25) is 0 Å². The number of nitrogens with one attached hydrogen (secondary N) is 1. The van der Waals surface area contributed by atoms with E-state index in [1.807, 2.05) is 60.9 Å². The zero-order chi connectivity index (χ0) is 15.5. The minimum atomic E-state index is -0.373. The molecule has 2 aromatic carbocycles. The fraction of sp³-hybridized carbons (Fsp3) is 0.125. The number of ether oxygens (including phenoxy) is 1. The molecule has 0 saturated heterocycles. The van der Waals surface area contributed by atoms with E-state index < -0.39 is 0 Å². The first-order valence-corrected chi connectivity index (χ1v) is 7.99. The Balaban J connectivity index is 2.06. The third kappa shape index (κ3) is 2.65. The summed E-state index contributed by atoms with van der Waals surface area (Å²) in [5.74, 6) is 0.820. The van der Waals surface area contributed by atoms with Gasteiger partial charge in [0, 0.05) is 11.3 Å². The number of anilines is 1. The molecule has 22 heavy (non-hydrogen) atoms. The van der Waals surface area contributed by atoms with Crippen LogP contribution in [0.1, 0.15) is 10.8 Å². The second-order valence-corrected chi connectivity index (χ2v) is 5.66. The molecule has 0 aromatic heterocycles. The largest absolute Gasteiger partial charge is 0.435 e. The Hall–Kier alpha value is -2.47. The van der Waals surface area contributed by atoms with Gasteiger partial charge >= 0.3 is 5.70 Å². The number of para-hydroxylation sites is 2. The van der Waals surface area contributed by atoms with Crippen molar-refractivity contribution in [2.45, 2.75) is 5.25 Å². The van der Waals surface area contributed by atoms with E-state index >= 15 is 0 Å². The summed E-state index contributed by atoms with van der Waals surface area (Å²) in [5.41, 5.74) is 1.60. The standard InChI is InChI=1S/C16H14N2O3S/c1-22-15-12-9-5-6-10-13(12)21-16(14(15)18(19)20)17-11-7-3-2-4-8-11/h2-10,15,17H,1H3. The monoisotopic (exact) mass is 314 g/mol. The van der Waals surface area contributed by atoms with Gasteiger partial charge in [-0.05, 0) is 24.5 Å². The molecule has 6 heteroatoms. The molecule has 112 valence electrons. The zero-order valence-corrected chi connectivity index (χ0v) is 12.7. The van der Waals surface area contributed by atoms with Gasteiger partial charge in [-0.2, -0.15) is 0 Å². The zero-order valence-electron chi connectivity index (χ0n) is 11.9. The number of nitro groups is 1. The van der Waals surface area contributed by atoms with E-state index in [-0.39, 0.29) is 21.8 Å². The summed E-state index contributed by atoms with van der Waals surface area (Å²) in [4.78, 5) is 11.2. The maximum atomic E-state index is 11.5. The number of rotatable bonds is 4. The van der Waals surface area contributed by atoms with Crippen molar-refractivity contribution in [2.75, 3.05) is 11.6 Å². The highest BCUT2D eigenvalue weighted by Gasteiger charge is 2.38. The molecular formula is C16H14N2O3S. The van der Waals surface area contributed by atoms with Crippen LogP contribution in [-0.4, -0.2) is 11.2 Å². The number of benzene rings is 2. The van der Waals surface area contributed by atoms with Gasteiger partial charge in [-0.3, -0.25) is 10.1 Å². The smallest absolute Gasteiger partial charge is 0.323 e. The molecule has 1 aliphatic rings. The predicted octanol–water partition coefficient (Wildman–Crippen LogP) is 4.04. The van der Waals surface area contributed by atoms with Crippen LogP contribution in [0, 0.1) is 10.1 Å². The molecule has 1 aliphatic heterocycles. The number of thioether (sulfide) groups is 1. The molecular weight excluding hydrogens is 300 g/mol. The Bertz CT molecular complexity index is 731. The Kier molecular flexibility index (Phi) is 4.02. The first-order chi connectivity index (χ1) is 10.7. The summed E-state index contributed by atoms with van der Waals surface area (Å²) >= 11 is 1.42. The van der Waals surface area contributed by atoms with Crippen LogP contribution in [0.2, 0.25) is 0 Å². The summed E-state index contributed by atoms with van der Waals surface area (Å²) in [5, 5.41) is 14.2. The lowest BCUT2D eigenvalue weighted by molar-refractivity contribution is -0.430. The van der Waals surface area contributed by atoms with Crippen LogP contribution in [0.4, 0.5) is 5.69 Å². The van der Waals surface area contributed by atoms with Crippen LogP contribution in [-0.2, 0) is 0 Å². The van der Waals surface area contributed by atoms with Crippen molar-refractivity contribution in [3.8, 4) is 5.75 Å². The van der Waals surface area contributed by atoms with E-state index in [2.05, 4.69) is 5.32 Å². The van der Waals surface area contributed by atoms with Crippen molar-refractivity contribution in [2.24, 2.45) is 0 Å². The van der Waals surface area contributed by atoms with E-state index in [1.165, 1.54) is 11.8 Å². The molecule has 2 aromatic rings. The number of hydrogen-bond donors (Lipinski definition) is 1. The molecule has 0 spiro atoms. The fourth-order valence-electron chi connectivity index (χ4n) is 2.38. The molecule has 3 rings (SSSR count). The van der Waals surface area contributed by atoms with Gasteiger partial charge in [0.15, 0.2) is 0 Å². The van der Waals surface area contributed by atoms with Gasteiger partial charge in [-0.15, -0.1) is 11.8 Å². The van der Waals surface area contributed by atoms with Crippen molar-refractivity contribution >= 4 is 17.4 Å². The quantitative estimate of drug-likeness (QED) is 0.681. The Morgan fingerprint density at radius 2 is 1.82 bits per heavy atom. The molecule has 0 fully saturated rings. The summed E-state index contributed by atoms with van der Waals surface area (Å²) in [7, 11) is 0. The van der Waals surface area contributed by atoms with E-state index in [0.717, 1.165) is 11.3 Å². The molecule has 1 heterocycles. The van der Waals surface area contributed by atoms with E-state index in [1.54, 1.807) is 0 Å². The van der Waals surface area contributed by atoms with Gasteiger partial charge in [0.1, 0.15) is 11.0 Å². The summed E-state index contributed by atoms with van der Waals surface area (Å²) < 4.78 is 5.76. The lowest BCUT2D eigenvalue weighted by atomic mass is 10.1. The van der Waals surface area contributed by atoms with Crippen LogP contribution >= 0.6 is 11.8 Å². The van der Waals surface area contributed by atoms with E-state index in [0.29, 0.717) is 5.75 Å². The number of nitrogens with zero attached hydrogens (tertiary/aromatic N) is 1. The SMILES string of the molecule is CSC1C([N+](=O)[O-])=C(Nc2ccccc2)Oc2ccccc21. The van der Waals surface area contributed by atoms with Crippen LogP contribution in [0.5, 0.6) is 5.75 Å². The normalized spacial score (nSPS) is 16.7. The number of fused-ring (bicyclic) bond motifs is 1. The van der Waals surface area contributed by atoms with Crippen LogP contribution in [0.25, 0.3) is 0 Å². The van der Waals surface area contributed by atoms with Crippen molar-refractivity contribution < 1.29 is 9.66 Å². The average molecular weight is 314 g/mol. The molecule has 1 unspecified atom stereocenters. The highest BCUT2D eigenvalue weighted by atomic mass is 32.2. The van der Waals surface area contributed by atoms with Crippen LogP contribution in [0.15, 0.2) is 66.2 Å². The van der Waals surface area contributed by atoms with Gasteiger partial charge in [0.25, 0.3) is 5.88 Å². The third-order valence-electron chi connectivity index (χ3n) is 3.36.